The van der Waals surface area contributed by atoms with Gasteiger partial charge < -0.3 is 19.6 Å². The first-order chi connectivity index (χ1) is 16.9. The van der Waals surface area contributed by atoms with Gasteiger partial charge in [-0.3, -0.25) is 0 Å². The molecule has 0 bridgehead atoms. The van der Waals surface area contributed by atoms with E-state index in [-0.39, 0.29) is 23.8 Å². The molecule has 2 N–H and O–H groups in total. The number of aromatic nitrogens is 1. The van der Waals surface area contributed by atoms with Crippen molar-refractivity contribution in [2.45, 2.75) is 64.0 Å². The predicted octanol–water partition coefficient (Wildman–Crippen LogP) is 6.74. The van der Waals surface area contributed by atoms with Gasteiger partial charge in [0.25, 0.3) is 0 Å². The molecule has 6 nitrogen and oxygen atoms in total. The van der Waals surface area contributed by atoms with E-state index >= 15 is 0 Å². The molecule has 0 saturated heterocycles. The third-order valence-corrected chi connectivity index (χ3v) is 5.40. The number of hydrogen-bond acceptors (Lipinski definition) is 5. The molecule has 202 valence electrons. The molecule has 12 heteroatoms. The van der Waals surface area contributed by atoms with E-state index in [0.717, 1.165) is 0 Å². The molecule has 1 unspecified atom stereocenters. The molecule has 1 amide bonds. The summed E-state index contributed by atoms with van der Waals surface area (Å²) in [6.07, 6.45) is -10.0. The number of rotatable bonds is 6. The number of alkyl carbamates (subject to hydrolysis) is 1. The molecule has 0 radical (unpaired) electrons. The van der Waals surface area contributed by atoms with Gasteiger partial charge in [-0.2, -0.15) is 26.3 Å². The van der Waals surface area contributed by atoms with Gasteiger partial charge in [0.1, 0.15) is 11.1 Å². The molecule has 0 spiro atoms. The van der Waals surface area contributed by atoms with Crippen LogP contribution in [0.15, 0.2) is 40.8 Å². The predicted molar refractivity (Wildman–Crippen MR) is 123 cm³/mol. The van der Waals surface area contributed by atoms with E-state index in [1.807, 2.05) is 0 Å². The number of nitrogens with one attached hydrogen (secondary N) is 1. The van der Waals surface area contributed by atoms with Gasteiger partial charge in [-0.25, -0.2) is 9.78 Å². The lowest BCUT2D eigenvalue weighted by Gasteiger charge is -2.30. The van der Waals surface area contributed by atoms with Gasteiger partial charge in [0.05, 0.1) is 23.3 Å². The Morgan fingerprint density at radius 2 is 1.57 bits per heavy atom. The number of aliphatic hydroxyl groups excluding tert-OH is 1. The van der Waals surface area contributed by atoms with Gasteiger partial charge in [0, 0.05) is 5.56 Å². The molecule has 1 atom stereocenters. The highest BCUT2D eigenvalue weighted by atomic mass is 19.4. The maximum atomic E-state index is 13.2. The van der Waals surface area contributed by atoms with Crippen molar-refractivity contribution in [1.29, 1.82) is 0 Å². The fraction of sp³-hybridized carbons (Fsp3) is 0.440. The summed E-state index contributed by atoms with van der Waals surface area (Å²) in [5.74, 6) is -0.393. The summed E-state index contributed by atoms with van der Waals surface area (Å²) >= 11 is 0. The van der Waals surface area contributed by atoms with E-state index in [9.17, 15) is 36.2 Å². The second-order valence-electron chi connectivity index (χ2n) is 9.96. The Morgan fingerprint density at radius 3 is 2.08 bits per heavy atom. The highest BCUT2D eigenvalue weighted by Gasteiger charge is 2.37. The Labute approximate surface area is 208 Å². The topological polar surface area (TPSA) is 84.6 Å². The van der Waals surface area contributed by atoms with E-state index in [0.29, 0.717) is 30.5 Å². The zero-order valence-electron chi connectivity index (χ0n) is 20.5. The number of carbonyl (C=O) groups excluding carboxylic acids is 1. The van der Waals surface area contributed by atoms with Crippen molar-refractivity contribution < 1.29 is 45.4 Å². The summed E-state index contributed by atoms with van der Waals surface area (Å²) in [4.78, 5) is 16.2. The smallest absolute Gasteiger partial charge is 0.416 e. The Bertz CT molecular complexity index is 1240. The van der Waals surface area contributed by atoms with Crippen molar-refractivity contribution in [3.05, 3.63) is 53.1 Å². The number of ether oxygens (including phenoxy) is 1. The number of amides is 1. The third-order valence-electron chi connectivity index (χ3n) is 5.40. The monoisotopic (exact) mass is 532 g/mol. The number of benzene rings is 2. The zero-order valence-corrected chi connectivity index (χ0v) is 20.5. The van der Waals surface area contributed by atoms with Crippen LogP contribution in [0.3, 0.4) is 0 Å². The van der Waals surface area contributed by atoms with Crippen LogP contribution < -0.4 is 5.32 Å². The fourth-order valence-corrected chi connectivity index (χ4v) is 3.48. The number of hydrogen-bond donors (Lipinski definition) is 2. The van der Waals surface area contributed by atoms with E-state index in [1.54, 1.807) is 39.8 Å². The number of aliphatic hydroxyl groups is 1. The molecule has 3 rings (SSSR count). The Morgan fingerprint density at radius 1 is 0.973 bits per heavy atom. The minimum atomic E-state index is -5.00. The van der Waals surface area contributed by atoms with Crippen molar-refractivity contribution >= 4 is 17.2 Å². The van der Waals surface area contributed by atoms with Crippen LogP contribution in [0.2, 0.25) is 0 Å². The zero-order chi connectivity index (χ0) is 27.8. The first kappa shape index (κ1) is 28.3. The van der Waals surface area contributed by atoms with Gasteiger partial charge in [-0.05, 0) is 76.4 Å². The van der Waals surface area contributed by atoms with Gasteiger partial charge in [-0.1, -0.05) is 6.07 Å². The average molecular weight is 532 g/mol. The molecular formula is C25H26F6N2O4. The molecular weight excluding hydrogens is 506 g/mol. The van der Waals surface area contributed by atoms with Gasteiger partial charge in [0.15, 0.2) is 5.58 Å². The first-order valence-corrected chi connectivity index (χ1v) is 11.2. The molecule has 0 aliphatic carbocycles. The van der Waals surface area contributed by atoms with Crippen LogP contribution in [-0.4, -0.2) is 33.9 Å². The summed E-state index contributed by atoms with van der Waals surface area (Å²) < 4.78 is 89.9. The lowest BCUT2D eigenvalue weighted by Crippen LogP contribution is -2.50. The van der Waals surface area contributed by atoms with Crippen LogP contribution in [0.4, 0.5) is 31.1 Å². The number of alkyl halides is 6. The van der Waals surface area contributed by atoms with Crippen molar-refractivity contribution in [1.82, 2.24) is 10.3 Å². The Balaban J connectivity index is 1.85. The quantitative estimate of drug-likeness (QED) is 0.344. The van der Waals surface area contributed by atoms with Crippen LogP contribution >= 0.6 is 0 Å². The number of aryl methyl sites for hydroxylation is 1. The minimum absolute atomic E-state index is 0.0355. The standard InChI is InChI=1S/C25H26F6N2O4/c1-22(2,3)37-21(35)33-23(4,13-34)8-7-14-5-6-19-18(9-14)32-20(36-19)15-10-16(24(26,27)28)12-17(11-15)25(29,30)31/h5-6,9-12,34H,7-8,13H2,1-4H3,(H,33,35). The van der Waals surface area contributed by atoms with Gasteiger partial charge in [-0.15, -0.1) is 0 Å². The molecule has 0 aliphatic heterocycles. The fourth-order valence-electron chi connectivity index (χ4n) is 3.48. The van der Waals surface area contributed by atoms with Crippen molar-refractivity contribution in [2.75, 3.05) is 6.61 Å². The molecule has 2 aromatic carbocycles. The minimum Gasteiger partial charge on any atom is -0.444 e. The number of halogens is 6. The summed E-state index contributed by atoms with van der Waals surface area (Å²) in [6, 6.07) is 5.86. The maximum Gasteiger partial charge on any atom is 0.416 e. The normalized spacial score (nSPS) is 14.5. The molecule has 0 fully saturated rings. The summed E-state index contributed by atoms with van der Waals surface area (Å²) in [5, 5.41) is 12.5. The summed E-state index contributed by atoms with van der Waals surface area (Å²) in [5.41, 5.74) is -4.06. The lowest BCUT2D eigenvalue weighted by atomic mass is 9.94. The van der Waals surface area contributed by atoms with E-state index in [4.69, 9.17) is 9.15 Å². The molecule has 1 heterocycles. The molecule has 37 heavy (non-hydrogen) atoms. The molecule has 1 aromatic heterocycles. The summed E-state index contributed by atoms with van der Waals surface area (Å²) in [6.45, 7) is 6.36. The van der Waals surface area contributed by atoms with Crippen LogP contribution in [0.25, 0.3) is 22.6 Å². The van der Waals surface area contributed by atoms with Crippen molar-refractivity contribution in [3.8, 4) is 11.5 Å². The van der Waals surface area contributed by atoms with Gasteiger partial charge >= 0.3 is 18.4 Å². The summed E-state index contributed by atoms with van der Waals surface area (Å²) in [7, 11) is 0. The molecule has 0 aliphatic rings. The largest absolute Gasteiger partial charge is 0.444 e. The first-order valence-electron chi connectivity index (χ1n) is 11.2. The Hall–Kier alpha value is -3.28. The maximum absolute atomic E-state index is 13.2. The lowest BCUT2D eigenvalue weighted by molar-refractivity contribution is -0.143. The molecule has 3 aromatic rings. The second kappa shape index (κ2) is 9.88. The van der Waals surface area contributed by atoms with Crippen molar-refractivity contribution in [2.24, 2.45) is 0 Å². The van der Waals surface area contributed by atoms with Crippen LogP contribution in [0.1, 0.15) is 50.8 Å². The van der Waals surface area contributed by atoms with Crippen LogP contribution in [-0.2, 0) is 23.5 Å². The van der Waals surface area contributed by atoms with Crippen LogP contribution in [0.5, 0.6) is 0 Å². The number of carbonyl (C=O) groups is 1. The third kappa shape index (κ3) is 7.37. The average Bonchev–Trinajstić information content (AvgIpc) is 3.18. The Kier molecular flexibility index (Phi) is 7.56. The van der Waals surface area contributed by atoms with Crippen molar-refractivity contribution in [3.63, 3.8) is 0 Å². The number of oxazole rings is 1. The second-order valence-corrected chi connectivity index (χ2v) is 9.96. The number of nitrogens with zero attached hydrogens (tertiary/aromatic N) is 1. The van der Waals surface area contributed by atoms with E-state index in [1.165, 1.54) is 6.07 Å². The van der Waals surface area contributed by atoms with Crippen LogP contribution in [0, 0.1) is 0 Å². The highest BCUT2D eigenvalue weighted by molar-refractivity contribution is 5.77. The van der Waals surface area contributed by atoms with E-state index < -0.39 is 52.2 Å². The highest BCUT2D eigenvalue weighted by Crippen LogP contribution is 2.39. The SMILES string of the molecule is CC(CO)(CCc1ccc2oc(-c3cc(C(F)(F)F)cc(C(F)(F)F)c3)nc2c1)NC(=O)OC(C)(C)C. The number of fused-ring (bicyclic) bond motifs is 1. The molecule has 0 saturated carbocycles. The van der Waals surface area contributed by atoms with E-state index in [2.05, 4.69) is 10.3 Å². The van der Waals surface area contributed by atoms with Gasteiger partial charge in [0.2, 0.25) is 5.89 Å².